The Morgan fingerprint density at radius 1 is 1.05 bits per heavy atom. The molecule has 0 aliphatic heterocycles. The minimum Gasteiger partial charge on any atom is -0.479 e. The highest BCUT2D eigenvalue weighted by Gasteiger charge is 2.43. The molecule has 9 nitrogen and oxygen atoms in total. The normalized spacial score (nSPS) is 21.1. The molecule has 0 aromatic rings. The second kappa shape index (κ2) is 8.90. The third-order valence-electron chi connectivity index (χ3n) is 2.88. The van der Waals surface area contributed by atoms with Crippen molar-refractivity contribution in [1.82, 2.24) is 5.32 Å². The van der Waals surface area contributed by atoms with E-state index >= 15 is 0 Å². The predicted octanol–water partition coefficient (Wildman–Crippen LogP) is -3.31. The highest BCUT2D eigenvalue weighted by atomic mass is 18.2. The molecule has 0 saturated carbocycles. The van der Waals surface area contributed by atoms with Crippen LogP contribution in [-0.4, -0.2) is 91.9 Å². The van der Waals surface area contributed by atoms with Crippen LogP contribution in [0.4, 0.5) is 8.78 Å². The molecule has 0 aliphatic carbocycles. The molecular weight excluding hydrogens is 310 g/mol. The maximum Gasteiger partial charge on any atom is 0.341 e. The number of halogens is 2. The van der Waals surface area contributed by atoms with Crippen LogP contribution in [0.1, 0.15) is 6.92 Å². The van der Waals surface area contributed by atoms with Crippen LogP contribution in [0.3, 0.4) is 0 Å². The highest BCUT2D eigenvalue weighted by Crippen LogP contribution is 2.17. The van der Waals surface area contributed by atoms with Gasteiger partial charge in [-0.15, -0.1) is 0 Å². The van der Waals surface area contributed by atoms with E-state index in [0.29, 0.717) is 0 Å². The molecule has 0 saturated heterocycles. The van der Waals surface area contributed by atoms with Gasteiger partial charge in [0.05, 0.1) is 12.6 Å². The number of aliphatic hydroxyl groups is 5. The fraction of sp³-hybridized carbons (Fsp3) is 0.818. The topological polar surface area (TPSA) is 168 Å². The van der Waals surface area contributed by atoms with Crippen molar-refractivity contribution >= 4 is 11.9 Å². The number of carboxylic acids is 1. The van der Waals surface area contributed by atoms with Crippen molar-refractivity contribution in [3.8, 4) is 0 Å². The SMILES string of the molecule is CC(=O)NC(C(O)C(O)C(O)CO)C(O)C([18F])C([18F])C(=O)O. The van der Waals surface area contributed by atoms with Crippen LogP contribution in [0.2, 0.25) is 0 Å². The van der Waals surface area contributed by atoms with Crippen LogP contribution in [0.15, 0.2) is 0 Å². The minimum atomic E-state index is -3.14. The summed E-state index contributed by atoms with van der Waals surface area (Å²) in [5, 5.41) is 56.8. The molecule has 0 fully saturated rings. The maximum absolute atomic E-state index is 13.6. The number of alkyl halides is 2. The first-order valence-electron chi connectivity index (χ1n) is 6.15. The van der Waals surface area contributed by atoms with E-state index in [0.717, 1.165) is 6.92 Å². The number of rotatable bonds is 9. The molecule has 0 aliphatic rings. The number of carbonyl (C=O) groups excluding carboxylic acids is 1. The van der Waals surface area contributed by atoms with Crippen LogP contribution in [0.5, 0.6) is 0 Å². The van der Waals surface area contributed by atoms with Crippen LogP contribution < -0.4 is 5.32 Å². The van der Waals surface area contributed by atoms with Gasteiger partial charge in [-0.1, -0.05) is 0 Å². The largest absolute Gasteiger partial charge is 0.479 e. The first-order valence-corrected chi connectivity index (χ1v) is 6.15. The Labute approximate surface area is 123 Å². The van der Waals surface area contributed by atoms with E-state index in [9.17, 15) is 38.8 Å². The number of hydrogen-bond donors (Lipinski definition) is 7. The Hall–Kier alpha value is -1.40. The zero-order valence-electron chi connectivity index (χ0n) is 11.5. The Kier molecular flexibility index (Phi) is 8.34. The maximum atomic E-state index is 13.6. The fourth-order valence-electron chi connectivity index (χ4n) is 1.66. The summed E-state index contributed by atoms with van der Waals surface area (Å²) in [7, 11) is 0. The Morgan fingerprint density at radius 3 is 1.91 bits per heavy atom. The Balaban J connectivity index is 5.26. The van der Waals surface area contributed by atoms with Gasteiger partial charge in [-0.2, -0.15) is 0 Å². The highest BCUT2D eigenvalue weighted by molar-refractivity contribution is 5.74. The van der Waals surface area contributed by atoms with E-state index < -0.39 is 61.3 Å². The number of amides is 1. The summed E-state index contributed by atoms with van der Waals surface area (Å²) in [4.78, 5) is 21.3. The van der Waals surface area contributed by atoms with Crippen LogP contribution >= 0.6 is 0 Å². The monoisotopic (exact) mass is 329 g/mol. The average molecular weight is 329 g/mol. The lowest BCUT2D eigenvalue weighted by Crippen LogP contribution is -2.60. The van der Waals surface area contributed by atoms with E-state index in [1.807, 2.05) is 5.32 Å². The van der Waals surface area contributed by atoms with E-state index in [-0.39, 0.29) is 0 Å². The summed E-state index contributed by atoms with van der Waals surface area (Å²) in [5.74, 6) is -3.12. The second-order valence-corrected chi connectivity index (χ2v) is 4.63. The Morgan fingerprint density at radius 2 is 1.55 bits per heavy atom. The van der Waals surface area contributed by atoms with Gasteiger partial charge in [-0.25, -0.2) is 13.6 Å². The fourth-order valence-corrected chi connectivity index (χ4v) is 1.66. The molecule has 22 heavy (non-hydrogen) atoms. The number of nitrogens with one attached hydrogen (secondary N) is 1. The van der Waals surface area contributed by atoms with Gasteiger partial charge in [-0.3, -0.25) is 4.79 Å². The lowest BCUT2D eigenvalue weighted by molar-refractivity contribution is -0.151. The van der Waals surface area contributed by atoms with Crippen LogP contribution in [0.25, 0.3) is 0 Å². The smallest absolute Gasteiger partial charge is 0.341 e. The van der Waals surface area contributed by atoms with E-state index in [1.165, 1.54) is 0 Å². The van der Waals surface area contributed by atoms with Crippen molar-refractivity contribution in [3.05, 3.63) is 0 Å². The summed E-state index contributed by atoms with van der Waals surface area (Å²) < 4.78 is 26.7. The minimum absolute atomic E-state index is 0.901. The van der Waals surface area contributed by atoms with Crippen molar-refractivity contribution in [2.75, 3.05) is 6.61 Å². The molecule has 0 bridgehead atoms. The molecule has 7 atom stereocenters. The van der Waals surface area contributed by atoms with Gasteiger partial charge < -0.3 is 36.0 Å². The zero-order valence-corrected chi connectivity index (χ0v) is 11.5. The molecular formula is C11H19F2NO8. The van der Waals surface area contributed by atoms with E-state index in [1.54, 1.807) is 0 Å². The van der Waals surface area contributed by atoms with Gasteiger partial charge in [0.15, 0.2) is 6.17 Å². The average Bonchev–Trinajstić information content (AvgIpc) is 2.47. The van der Waals surface area contributed by atoms with Gasteiger partial charge in [0, 0.05) is 6.92 Å². The van der Waals surface area contributed by atoms with Gasteiger partial charge in [0.25, 0.3) is 0 Å². The summed E-state index contributed by atoms with van der Waals surface area (Å²) in [6, 6.07) is -2.03. The lowest BCUT2D eigenvalue weighted by Gasteiger charge is -2.33. The second-order valence-electron chi connectivity index (χ2n) is 4.63. The number of hydrogen-bond acceptors (Lipinski definition) is 7. The standard InChI is InChI=1S/C11H19F2NO8/c1-3(16)14-7(10(20)8(18)4(17)2-15)9(19)5(12)6(13)11(21)22/h4-10,15,17-20H,2H2,1H3,(H,14,16)(H,21,22)/i12-1,13-1. The molecule has 0 heterocycles. The number of aliphatic hydroxyl groups excluding tert-OH is 5. The summed E-state index contributed by atoms with van der Waals surface area (Å²) in [6.45, 7) is -0.0975. The number of carbonyl (C=O) groups is 2. The first kappa shape index (κ1) is 20.6. The van der Waals surface area contributed by atoms with Crippen molar-refractivity contribution < 1.29 is 49.0 Å². The molecule has 0 aromatic carbocycles. The van der Waals surface area contributed by atoms with Gasteiger partial charge in [0.2, 0.25) is 12.1 Å². The van der Waals surface area contributed by atoms with Crippen LogP contribution in [0, 0.1) is 0 Å². The molecule has 0 rings (SSSR count). The third-order valence-corrected chi connectivity index (χ3v) is 2.88. The molecule has 0 aromatic heterocycles. The van der Waals surface area contributed by atoms with Crippen molar-refractivity contribution in [3.63, 3.8) is 0 Å². The van der Waals surface area contributed by atoms with E-state index in [4.69, 9.17) is 10.2 Å². The molecule has 7 N–H and O–H groups in total. The summed E-state index contributed by atoms with van der Waals surface area (Å²) in [5.41, 5.74) is 0. The van der Waals surface area contributed by atoms with Gasteiger partial charge in [-0.05, 0) is 0 Å². The third kappa shape index (κ3) is 5.42. The lowest BCUT2D eigenvalue weighted by atomic mass is 9.92. The summed E-state index contributed by atoms with van der Waals surface area (Å²) in [6.07, 6.45) is -14.9. The molecule has 0 radical (unpaired) electrons. The van der Waals surface area contributed by atoms with Crippen molar-refractivity contribution in [2.45, 2.75) is 49.7 Å². The summed E-state index contributed by atoms with van der Waals surface area (Å²) >= 11 is 0. The quantitative estimate of drug-likeness (QED) is 0.231. The van der Waals surface area contributed by atoms with E-state index in [2.05, 4.69) is 0 Å². The van der Waals surface area contributed by atoms with Gasteiger partial charge in [0.1, 0.15) is 24.4 Å². The molecule has 0 spiro atoms. The van der Waals surface area contributed by atoms with Crippen molar-refractivity contribution in [2.24, 2.45) is 0 Å². The number of aliphatic carboxylic acids is 1. The molecule has 7 unspecified atom stereocenters. The van der Waals surface area contributed by atoms with Gasteiger partial charge >= 0.3 is 5.97 Å². The van der Waals surface area contributed by atoms with Crippen LogP contribution in [-0.2, 0) is 9.59 Å². The molecule has 1 amide bonds. The molecule has 11 heteroatoms. The van der Waals surface area contributed by atoms with Crippen molar-refractivity contribution in [1.29, 1.82) is 0 Å². The zero-order chi connectivity index (χ0) is 17.6. The predicted molar refractivity (Wildman–Crippen MR) is 66.1 cm³/mol. The number of carboxylic acid groups (broad SMARTS) is 1. The Bertz CT molecular complexity index is 385. The molecule has 130 valence electrons. The first-order chi connectivity index (χ1) is 10.0.